The number of amides is 3. The molecule has 3 N–H and O–H groups in total. The van der Waals surface area contributed by atoms with E-state index in [0.29, 0.717) is 30.3 Å². The highest BCUT2D eigenvalue weighted by atomic mass is 16.5. The second-order valence-electron chi connectivity index (χ2n) is 5.16. The average Bonchev–Trinajstić information content (AvgIpc) is 2.60. The lowest BCUT2D eigenvalue weighted by Crippen LogP contribution is -2.32. The van der Waals surface area contributed by atoms with Gasteiger partial charge < -0.3 is 25.4 Å². The van der Waals surface area contributed by atoms with Gasteiger partial charge in [0.2, 0.25) is 5.91 Å². The number of urea groups is 1. The van der Waals surface area contributed by atoms with E-state index in [9.17, 15) is 9.59 Å². The van der Waals surface area contributed by atoms with Crippen LogP contribution in [-0.4, -0.2) is 32.2 Å². The summed E-state index contributed by atoms with van der Waals surface area (Å²) in [5.74, 6) is 1.32. The van der Waals surface area contributed by atoms with Crippen LogP contribution in [0.3, 0.4) is 0 Å². The number of benzene rings is 2. The zero-order valence-corrected chi connectivity index (χ0v) is 14.2. The summed E-state index contributed by atoms with van der Waals surface area (Å²) in [5.41, 5.74) is 1.30. The Hall–Kier alpha value is -3.22. The molecule has 3 amide bonds. The fraction of sp³-hybridized carbons (Fsp3) is 0.222. The standard InChI is InChI=1S/C18H21N3O4/c1-13(22)20-14-3-5-15(6-4-14)21-18(23)19-11-12-25-17-9-7-16(24-2)8-10-17/h3-10H,11-12H2,1-2H3,(H,20,22)(H2,19,21,23). The molecule has 0 bridgehead atoms. The summed E-state index contributed by atoms with van der Waals surface area (Å²) in [4.78, 5) is 22.8. The molecule has 2 aromatic rings. The van der Waals surface area contributed by atoms with Crippen LogP contribution in [0.15, 0.2) is 48.5 Å². The first-order valence-electron chi connectivity index (χ1n) is 7.76. The molecule has 25 heavy (non-hydrogen) atoms. The molecule has 7 heteroatoms. The largest absolute Gasteiger partial charge is 0.497 e. The van der Waals surface area contributed by atoms with Crippen molar-refractivity contribution in [1.82, 2.24) is 5.32 Å². The van der Waals surface area contributed by atoms with Gasteiger partial charge in [-0.05, 0) is 48.5 Å². The van der Waals surface area contributed by atoms with E-state index in [4.69, 9.17) is 9.47 Å². The molecule has 2 aromatic carbocycles. The number of hydrogen-bond donors (Lipinski definition) is 3. The summed E-state index contributed by atoms with van der Waals surface area (Å²) < 4.78 is 10.6. The van der Waals surface area contributed by atoms with E-state index < -0.39 is 0 Å². The lowest BCUT2D eigenvalue weighted by molar-refractivity contribution is -0.114. The van der Waals surface area contributed by atoms with Crippen LogP contribution in [0.25, 0.3) is 0 Å². The minimum atomic E-state index is -0.328. The third kappa shape index (κ3) is 6.42. The Morgan fingerprint density at radius 2 is 1.44 bits per heavy atom. The van der Waals surface area contributed by atoms with E-state index in [-0.39, 0.29) is 11.9 Å². The predicted molar refractivity (Wildman–Crippen MR) is 96.3 cm³/mol. The Bertz CT molecular complexity index is 699. The third-order valence-corrected chi connectivity index (χ3v) is 3.18. The number of rotatable bonds is 7. The van der Waals surface area contributed by atoms with Crippen LogP contribution in [0.4, 0.5) is 16.2 Å². The molecular weight excluding hydrogens is 322 g/mol. The molecule has 7 nitrogen and oxygen atoms in total. The zero-order chi connectivity index (χ0) is 18.1. The lowest BCUT2D eigenvalue weighted by Gasteiger charge is -2.10. The molecule has 0 atom stereocenters. The van der Waals surface area contributed by atoms with Gasteiger partial charge in [-0.2, -0.15) is 0 Å². The van der Waals surface area contributed by atoms with Crippen molar-refractivity contribution in [2.45, 2.75) is 6.92 Å². The fourth-order valence-corrected chi connectivity index (χ4v) is 2.02. The summed E-state index contributed by atoms with van der Waals surface area (Å²) in [6, 6.07) is 13.7. The first kappa shape index (κ1) is 18.1. The molecule has 0 saturated carbocycles. The van der Waals surface area contributed by atoms with Crippen LogP contribution < -0.4 is 25.4 Å². The average molecular weight is 343 g/mol. The second-order valence-corrected chi connectivity index (χ2v) is 5.16. The van der Waals surface area contributed by atoms with E-state index in [1.54, 1.807) is 55.6 Å². The van der Waals surface area contributed by atoms with Crippen LogP contribution in [0.2, 0.25) is 0 Å². The molecule has 0 fully saturated rings. The van der Waals surface area contributed by atoms with Gasteiger partial charge in [-0.1, -0.05) is 0 Å². The monoisotopic (exact) mass is 343 g/mol. The van der Waals surface area contributed by atoms with Crippen LogP contribution in [0, 0.1) is 0 Å². The van der Waals surface area contributed by atoms with E-state index >= 15 is 0 Å². The van der Waals surface area contributed by atoms with Crippen molar-refractivity contribution < 1.29 is 19.1 Å². The van der Waals surface area contributed by atoms with Crippen molar-refractivity contribution in [3.63, 3.8) is 0 Å². The smallest absolute Gasteiger partial charge is 0.319 e. The number of anilines is 2. The molecule has 0 aliphatic carbocycles. The number of ether oxygens (including phenoxy) is 2. The quantitative estimate of drug-likeness (QED) is 0.675. The van der Waals surface area contributed by atoms with Crippen molar-refractivity contribution in [2.24, 2.45) is 0 Å². The predicted octanol–water partition coefficient (Wildman–Crippen LogP) is 2.85. The molecule has 0 aliphatic rings. The van der Waals surface area contributed by atoms with Crippen LogP contribution >= 0.6 is 0 Å². The zero-order valence-electron chi connectivity index (χ0n) is 14.2. The number of hydrogen-bond acceptors (Lipinski definition) is 4. The maximum atomic E-state index is 11.8. The Kier molecular flexibility index (Phi) is 6.65. The van der Waals surface area contributed by atoms with Crippen molar-refractivity contribution in [3.8, 4) is 11.5 Å². The third-order valence-electron chi connectivity index (χ3n) is 3.18. The van der Waals surface area contributed by atoms with Gasteiger partial charge in [0.25, 0.3) is 0 Å². The van der Waals surface area contributed by atoms with Gasteiger partial charge in [0.1, 0.15) is 18.1 Å². The topological polar surface area (TPSA) is 88.7 Å². The summed E-state index contributed by atoms with van der Waals surface area (Å²) in [5, 5.41) is 8.06. The molecule has 0 aliphatic heterocycles. The van der Waals surface area contributed by atoms with Gasteiger partial charge in [-0.3, -0.25) is 4.79 Å². The van der Waals surface area contributed by atoms with Gasteiger partial charge in [-0.15, -0.1) is 0 Å². The van der Waals surface area contributed by atoms with Crippen LogP contribution in [0.5, 0.6) is 11.5 Å². The molecule has 0 unspecified atom stereocenters. The SMILES string of the molecule is COc1ccc(OCCNC(=O)Nc2ccc(NC(C)=O)cc2)cc1. The Morgan fingerprint density at radius 3 is 2.00 bits per heavy atom. The van der Waals surface area contributed by atoms with Crippen molar-refractivity contribution in [1.29, 1.82) is 0 Å². The molecular formula is C18H21N3O4. The second kappa shape index (κ2) is 9.17. The number of carbonyl (C=O) groups is 2. The minimum absolute atomic E-state index is 0.143. The normalized spacial score (nSPS) is 9.84. The maximum absolute atomic E-state index is 11.8. The highest BCUT2D eigenvalue weighted by Crippen LogP contribution is 2.16. The van der Waals surface area contributed by atoms with E-state index in [1.165, 1.54) is 6.92 Å². The fourth-order valence-electron chi connectivity index (χ4n) is 2.02. The molecule has 0 heterocycles. The summed E-state index contributed by atoms with van der Waals surface area (Å²) in [6.07, 6.45) is 0. The first-order chi connectivity index (χ1) is 12.1. The van der Waals surface area contributed by atoms with E-state index in [2.05, 4.69) is 16.0 Å². The van der Waals surface area contributed by atoms with Crippen molar-refractivity contribution in [3.05, 3.63) is 48.5 Å². The van der Waals surface area contributed by atoms with E-state index in [0.717, 1.165) is 5.75 Å². The number of methoxy groups -OCH3 is 1. The van der Waals surface area contributed by atoms with Gasteiger partial charge in [-0.25, -0.2) is 4.79 Å². The van der Waals surface area contributed by atoms with Gasteiger partial charge in [0, 0.05) is 18.3 Å². The highest BCUT2D eigenvalue weighted by molar-refractivity contribution is 5.91. The first-order valence-corrected chi connectivity index (χ1v) is 7.76. The molecule has 0 saturated heterocycles. The van der Waals surface area contributed by atoms with E-state index in [1.807, 2.05) is 0 Å². The van der Waals surface area contributed by atoms with Gasteiger partial charge in [0.15, 0.2) is 0 Å². The van der Waals surface area contributed by atoms with Gasteiger partial charge >= 0.3 is 6.03 Å². The molecule has 0 spiro atoms. The summed E-state index contributed by atoms with van der Waals surface area (Å²) >= 11 is 0. The number of nitrogens with one attached hydrogen (secondary N) is 3. The Labute approximate surface area is 146 Å². The number of carbonyl (C=O) groups excluding carboxylic acids is 2. The summed E-state index contributed by atoms with van der Waals surface area (Å²) in [7, 11) is 1.60. The maximum Gasteiger partial charge on any atom is 0.319 e. The molecule has 2 rings (SSSR count). The minimum Gasteiger partial charge on any atom is -0.497 e. The Balaban J connectivity index is 1.68. The molecule has 132 valence electrons. The van der Waals surface area contributed by atoms with Crippen molar-refractivity contribution >= 4 is 23.3 Å². The Morgan fingerprint density at radius 1 is 0.880 bits per heavy atom. The van der Waals surface area contributed by atoms with Crippen molar-refractivity contribution in [2.75, 3.05) is 30.9 Å². The van der Waals surface area contributed by atoms with Crippen LogP contribution in [0.1, 0.15) is 6.92 Å². The molecule has 0 radical (unpaired) electrons. The molecule has 0 aromatic heterocycles. The van der Waals surface area contributed by atoms with Gasteiger partial charge in [0.05, 0.1) is 13.7 Å². The summed E-state index contributed by atoms with van der Waals surface area (Å²) in [6.45, 7) is 2.15. The highest BCUT2D eigenvalue weighted by Gasteiger charge is 2.02. The van der Waals surface area contributed by atoms with Crippen LogP contribution in [-0.2, 0) is 4.79 Å². The lowest BCUT2D eigenvalue weighted by atomic mass is 10.3.